The molecular formula is C36H32FN7O7S2. The first-order valence-electron chi connectivity index (χ1n) is 16.2. The van der Waals surface area contributed by atoms with Crippen molar-refractivity contribution in [3.05, 3.63) is 130 Å². The second-order valence-electron chi connectivity index (χ2n) is 11.8. The number of nitro benzene ring substituents is 1. The third-order valence-corrected chi connectivity index (χ3v) is 10.7. The molecule has 1 aliphatic rings. The van der Waals surface area contributed by atoms with Crippen molar-refractivity contribution in [3.63, 3.8) is 0 Å². The van der Waals surface area contributed by atoms with Crippen molar-refractivity contribution in [1.29, 1.82) is 0 Å². The second-order valence-corrected chi connectivity index (χ2v) is 14.6. The number of nitrogens with zero attached hydrogens (tertiary/aromatic N) is 5. The Morgan fingerprint density at radius 1 is 0.943 bits per heavy atom. The van der Waals surface area contributed by atoms with E-state index < -0.39 is 43.2 Å². The summed E-state index contributed by atoms with van der Waals surface area (Å²) >= 11 is 1.53. The van der Waals surface area contributed by atoms with Gasteiger partial charge in [-0.1, -0.05) is 36.4 Å². The van der Waals surface area contributed by atoms with E-state index in [0.717, 1.165) is 17.0 Å². The Labute approximate surface area is 307 Å². The Kier molecular flexibility index (Phi) is 11.1. The number of phenols is 1. The Bertz CT molecular complexity index is 2260. The van der Waals surface area contributed by atoms with Crippen LogP contribution in [0.25, 0.3) is 11.1 Å². The van der Waals surface area contributed by atoms with Crippen LogP contribution in [0.2, 0.25) is 0 Å². The van der Waals surface area contributed by atoms with E-state index in [1.54, 1.807) is 17.0 Å². The number of piperazine rings is 1. The average molecular weight is 758 g/mol. The van der Waals surface area contributed by atoms with Gasteiger partial charge in [0, 0.05) is 66.8 Å². The summed E-state index contributed by atoms with van der Waals surface area (Å²) in [6.07, 6.45) is 1.31. The number of rotatable bonds is 12. The highest BCUT2D eigenvalue weighted by atomic mass is 32.2. The number of aromatic nitrogens is 2. The zero-order valence-electron chi connectivity index (χ0n) is 27.9. The first-order chi connectivity index (χ1) is 25.5. The lowest BCUT2D eigenvalue weighted by Crippen LogP contribution is -2.49. The average Bonchev–Trinajstić information content (AvgIpc) is 3.16. The molecule has 2 amide bonds. The van der Waals surface area contributed by atoms with Crippen LogP contribution >= 0.6 is 11.8 Å². The van der Waals surface area contributed by atoms with Crippen LogP contribution in [0.5, 0.6) is 5.75 Å². The van der Waals surface area contributed by atoms with Crippen molar-refractivity contribution in [3.8, 4) is 16.9 Å². The van der Waals surface area contributed by atoms with Crippen LogP contribution in [0, 0.1) is 15.9 Å². The van der Waals surface area contributed by atoms with Gasteiger partial charge in [0.05, 0.1) is 10.6 Å². The Hall–Kier alpha value is -6.07. The highest BCUT2D eigenvalue weighted by molar-refractivity contribution is 7.99. The van der Waals surface area contributed by atoms with E-state index >= 15 is 4.39 Å². The maximum atomic E-state index is 15.1. The van der Waals surface area contributed by atoms with Gasteiger partial charge in [0.15, 0.2) is 5.69 Å². The van der Waals surface area contributed by atoms with Crippen LogP contribution in [-0.4, -0.2) is 83.8 Å². The van der Waals surface area contributed by atoms with Crippen molar-refractivity contribution in [2.24, 2.45) is 0 Å². The number of amides is 2. The molecule has 14 nitrogen and oxygen atoms in total. The number of thioether (sulfide) groups is 1. The fourth-order valence-electron chi connectivity index (χ4n) is 5.72. The molecule has 4 aromatic carbocycles. The normalized spacial score (nSPS) is 13.0. The van der Waals surface area contributed by atoms with Gasteiger partial charge in [0.1, 0.15) is 22.1 Å². The number of anilines is 2. The molecule has 0 spiro atoms. The Balaban J connectivity index is 1.25. The summed E-state index contributed by atoms with van der Waals surface area (Å²) in [4.78, 5) is 41.5. The van der Waals surface area contributed by atoms with E-state index in [0.29, 0.717) is 17.9 Å². The second kappa shape index (κ2) is 16.1. The van der Waals surface area contributed by atoms with Gasteiger partial charge in [0.2, 0.25) is 0 Å². The molecule has 272 valence electrons. The van der Waals surface area contributed by atoms with Crippen molar-refractivity contribution in [2.45, 2.75) is 9.79 Å². The molecule has 2 heterocycles. The molecule has 0 unspecified atom stereocenters. The Morgan fingerprint density at radius 3 is 2.40 bits per heavy atom. The molecule has 1 saturated heterocycles. The van der Waals surface area contributed by atoms with Crippen LogP contribution in [-0.2, 0) is 10.0 Å². The maximum absolute atomic E-state index is 15.1. The summed E-state index contributed by atoms with van der Waals surface area (Å²) in [5, 5.41) is 32.3. The molecule has 1 fully saturated rings. The van der Waals surface area contributed by atoms with E-state index in [4.69, 9.17) is 0 Å². The van der Waals surface area contributed by atoms with Gasteiger partial charge in [-0.3, -0.25) is 19.7 Å². The van der Waals surface area contributed by atoms with Gasteiger partial charge >= 0.3 is 0 Å². The number of carbonyl (C=O) groups is 2. The number of aromatic hydroxyl groups is 1. The van der Waals surface area contributed by atoms with Crippen LogP contribution in [0.4, 0.5) is 21.5 Å². The fourth-order valence-corrected chi connectivity index (χ4v) is 7.70. The first kappa shape index (κ1) is 36.7. The third-order valence-electron chi connectivity index (χ3n) is 8.31. The molecule has 0 radical (unpaired) electrons. The summed E-state index contributed by atoms with van der Waals surface area (Å²) in [7, 11) is -4.71. The van der Waals surface area contributed by atoms with E-state index in [1.807, 2.05) is 35.1 Å². The maximum Gasteiger partial charge on any atom is 0.293 e. The largest absolute Gasteiger partial charge is 0.508 e. The van der Waals surface area contributed by atoms with Crippen LogP contribution in [0.1, 0.15) is 20.8 Å². The number of hydrogen-bond donors (Lipinski definition) is 3. The predicted molar refractivity (Wildman–Crippen MR) is 197 cm³/mol. The lowest BCUT2D eigenvalue weighted by molar-refractivity contribution is -0.384. The van der Waals surface area contributed by atoms with Crippen LogP contribution in [0.15, 0.2) is 113 Å². The molecule has 0 bridgehead atoms. The van der Waals surface area contributed by atoms with Gasteiger partial charge in [-0.15, -0.1) is 16.9 Å². The quantitative estimate of drug-likeness (QED) is 0.0656. The van der Waals surface area contributed by atoms with E-state index in [1.165, 1.54) is 65.3 Å². The number of nitrogens with one attached hydrogen (secondary N) is 2. The highest BCUT2D eigenvalue weighted by Gasteiger charge is 2.32. The lowest BCUT2D eigenvalue weighted by atomic mass is 10.0. The van der Waals surface area contributed by atoms with Gasteiger partial charge in [-0.25, -0.2) is 17.5 Å². The molecular weight excluding hydrogens is 726 g/mol. The minimum absolute atomic E-state index is 0.0262. The molecule has 5 aromatic rings. The number of phenolic OH excluding ortho intramolecular Hbond substituents is 1. The van der Waals surface area contributed by atoms with Crippen molar-refractivity contribution in [1.82, 2.24) is 19.8 Å². The summed E-state index contributed by atoms with van der Waals surface area (Å²) in [5.41, 5.74) is 0.102. The van der Waals surface area contributed by atoms with E-state index in [-0.39, 0.29) is 60.1 Å². The van der Waals surface area contributed by atoms with Crippen molar-refractivity contribution < 1.29 is 32.4 Å². The highest BCUT2D eigenvalue weighted by Crippen LogP contribution is 2.37. The fraction of sp³-hybridized carbons (Fsp3) is 0.167. The van der Waals surface area contributed by atoms with Gasteiger partial charge in [-0.2, -0.15) is 5.10 Å². The minimum Gasteiger partial charge on any atom is -0.508 e. The number of hydrogen-bond acceptors (Lipinski definition) is 12. The lowest BCUT2D eigenvalue weighted by Gasteiger charge is -2.37. The molecule has 3 N–H and O–H groups in total. The third kappa shape index (κ3) is 8.70. The van der Waals surface area contributed by atoms with Crippen LogP contribution in [0.3, 0.4) is 0 Å². The standard InChI is InChI=1S/C36H32FN7O7S2/c37-29-21-25(11-12-28(29)24-6-4-7-26(45)20-24)36(47)43-17-15-42(16-18-43)33-22-31(38-14-19-52-27-8-2-1-3-9-27)32(44(48)49)23-34(33)53(50,51)41-35(46)30-10-5-13-39-40-30/h1-13,20-23,38,45H,14-19H2,(H,41,46). The van der Waals surface area contributed by atoms with Crippen LogP contribution < -0.4 is 14.9 Å². The number of sulfonamides is 1. The monoisotopic (exact) mass is 757 g/mol. The number of carbonyl (C=O) groups excluding carboxylic acids is 2. The molecule has 53 heavy (non-hydrogen) atoms. The smallest absolute Gasteiger partial charge is 0.293 e. The zero-order chi connectivity index (χ0) is 37.5. The molecule has 1 aliphatic heterocycles. The van der Waals surface area contributed by atoms with E-state index in [2.05, 4.69) is 15.5 Å². The van der Waals surface area contributed by atoms with Gasteiger partial charge in [0.25, 0.3) is 27.5 Å². The molecule has 6 rings (SSSR count). The molecule has 1 aromatic heterocycles. The molecule has 17 heteroatoms. The molecule has 0 aliphatic carbocycles. The van der Waals surface area contributed by atoms with Crippen molar-refractivity contribution in [2.75, 3.05) is 48.7 Å². The molecule has 0 atom stereocenters. The summed E-state index contributed by atoms with van der Waals surface area (Å²) in [6, 6.07) is 24.7. The number of nitro groups is 1. The summed E-state index contributed by atoms with van der Waals surface area (Å²) in [6.45, 7) is 0.731. The minimum atomic E-state index is -4.71. The van der Waals surface area contributed by atoms with Gasteiger partial charge in [-0.05, 0) is 60.2 Å². The molecule has 0 saturated carbocycles. The van der Waals surface area contributed by atoms with Crippen molar-refractivity contribution >= 4 is 50.7 Å². The summed E-state index contributed by atoms with van der Waals surface area (Å²) < 4.78 is 44.6. The zero-order valence-corrected chi connectivity index (χ0v) is 29.5. The summed E-state index contributed by atoms with van der Waals surface area (Å²) in [5.74, 6) is -1.66. The number of halogens is 1. The number of benzene rings is 4. The van der Waals surface area contributed by atoms with E-state index in [9.17, 15) is 33.2 Å². The first-order valence-corrected chi connectivity index (χ1v) is 18.7. The predicted octanol–water partition coefficient (Wildman–Crippen LogP) is 5.18. The van der Waals surface area contributed by atoms with Gasteiger partial charge < -0.3 is 20.2 Å². The topological polar surface area (TPSA) is 188 Å². The SMILES string of the molecule is O=C(NS(=O)(=O)c1cc([N+](=O)[O-])c(NCCSc2ccccc2)cc1N1CCN(C(=O)c2ccc(-c3cccc(O)c3)c(F)c2)CC1)c1cccnn1. The Morgan fingerprint density at radius 2 is 1.72 bits per heavy atom.